The molecular formula is C9H14N2O2S. The van der Waals surface area contributed by atoms with Gasteiger partial charge in [-0.25, -0.2) is 8.42 Å². The normalized spacial score (nSPS) is 11.4. The molecule has 0 aliphatic heterocycles. The lowest BCUT2D eigenvalue weighted by molar-refractivity contribution is 0.600. The molecule has 0 radical (unpaired) electrons. The molecule has 0 saturated heterocycles. The summed E-state index contributed by atoms with van der Waals surface area (Å²) in [5, 5.41) is 0. The van der Waals surface area contributed by atoms with Gasteiger partial charge in [0.2, 0.25) is 10.0 Å². The zero-order valence-electron chi connectivity index (χ0n) is 8.48. The van der Waals surface area contributed by atoms with E-state index in [4.69, 9.17) is 5.73 Å². The van der Waals surface area contributed by atoms with Crippen molar-refractivity contribution in [1.82, 2.24) is 0 Å². The minimum absolute atomic E-state index is 0.579. The number of anilines is 2. The predicted molar refractivity (Wildman–Crippen MR) is 58.8 cm³/mol. The fraction of sp³-hybridized carbons (Fsp3) is 0.333. The molecule has 0 aliphatic rings. The third-order valence-corrected chi connectivity index (χ3v) is 3.33. The van der Waals surface area contributed by atoms with Crippen molar-refractivity contribution < 1.29 is 8.42 Å². The molecular weight excluding hydrogens is 200 g/mol. The van der Waals surface area contributed by atoms with Crippen molar-refractivity contribution in [2.45, 2.75) is 6.92 Å². The molecule has 78 valence electrons. The highest BCUT2D eigenvalue weighted by molar-refractivity contribution is 7.92. The fourth-order valence-corrected chi connectivity index (χ4v) is 1.51. The third-order valence-electron chi connectivity index (χ3n) is 2.12. The van der Waals surface area contributed by atoms with Crippen molar-refractivity contribution in [2.75, 3.05) is 23.3 Å². The van der Waals surface area contributed by atoms with Crippen LogP contribution in [0.15, 0.2) is 18.2 Å². The lowest BCUT2D eigenvalue weighted by atomic mass is 10.2. The zero-order valence-corrected chi connectivity index (χ0v) is 9.30. The molecule has 0 aromatic heterocycles. The maximum atomic E-state index is 11.2. The maximum absolute atomic E-state index is 11.2. The summed E-state index contributed by atoms with van der Waals surface area (Å²) in [6.07, 6.45) is 1.16. The van der Waals surface area contributed by atoms with Crippen molar-refractivity contribution in [3.63, 3.8) is 0 Å². The van der Waals surface area contributed by atoms with E-state index in [-0.39, 0.29) is 0 Å². The highest BCUT2D eigenvalue weighted by atomic mass is 32.2. The number of nitrogens with two attached hydrogens (primary N) is 1. The van der Waals surface area contributed by atoms with Gasteiger partial charge in [0.1, 0.15) is 0 Å². The summed E-state index contributed by atoms with van der Waals surface area (Å²) < 4.78 is 23.6. The number of nitrogen functional groups attached to an aromatic ring is 1. The molecule has 0 spiro atoms. The number of hydrogen-bond acceptors (Lipinski definition) is 3. The molecule has 1 rings (SSSR count). The summed E-state index contributed by atoms with van der Waals surface area (Å²) >= 11 is 0. The van der Waals surface area contributed by atoms with Gasteiger partial charge in [-0.15, -0.1) is 0 Å². The van der Waals surface area contributed by atoms with Crippen molar-refractivity contribution >= 4 is 21.4 Å². The van der Waals surface area contributed by atoms with E-state index in [1.807, 2.05) is 6.92 Å². The molecule has 14 heavy (non-hydrogen) atoms. The van der Waals surface area contributed by atoms with Gasteiger partial charge < -0.3 is 5.73 Å². The predicted octanol–water partition coefficient (Wildman–Crippen LogP) is 0.973. The first-order valence-corrected chi connectivity index (χ1v) is 5.97. The second kappa shape index (κ2) is 3.49. The van der Waals surface area contributed by atoms with Gasteiger partial charge in [0.05, 0.1) is 11.9 Å². The van der Waals surface area contributed by atoms with Crippen molar-refractivity contribution in [2.24, 2.45) is 0 Å². The molecule has 0 heterocycles. The summed E-state index contributed by atoms with van der Waals surface area (Å²) in [7, 11) is -1.71. The Morgan fingerprint density at radius 1 is 1.36 bits per heavy atom. The van der Waals surface area contributed by atoms with E-state index in [1.165, 1.54) is 11.4 Å². The third kappa shape index (κ3) is 2.17. The number of aryl methyl sites for hydroxylation is 1. The van der Waals surface area contributed by atoms with Crippen LogP contribution in [0.25, 0.3) is 0 Å². The first kappa shape index (κ1) is 10.8. The highest BCUT2D eigenvalue weighted by Crippen LogP contribution is 2.21. The first-order valence-electron chi connectivity index (χ1n) is 4.12. The average molecular weight is 214 g/mol. The van der Waals surface area contributed by atoms with Crippen LogP contribution in [0, 0.1) is 6.92 Å². The molecule has 0 unspecified atom stereocenters. The minimum Gasteiger partial charge on any atom is -0.398 e. The van der Waals surface area contributed by atoms with Crippen LogP contribution in [-0.4, -0.2) is 21.7 Å². The van der Waals surface area contributed by atoms with E-state index in [2.05, 4.69) is 0 Å². The van der Waals surface area contributed by atoms with Crippen LogP contribution in [0.2, 0.25) is 0 Å². The Balaban J connectivity index is 3.16. The lowest BCUT2D eigenvalue weighted by Crippen LogP contribution is -2.24. The first-order chi connectivity index (χ1) is 6.32. The number of sulfonamides is 1. The van der Waals surface area contributed by atoms with E-state index in [9.17, 15) is 8.42 Å². The Bertz CT molecular complexity index is 440. The monoisotopic (exact) mass is 214 g/mol. The molecule has 0 aliphatic carbocycles. The summed E-state index contributed by atoms with van der Waals surface area (Å²) in [6.45, 7) is 1.87. The highest BCUT2D eigenvalue weighted by Gasteiger charge is 2.11. The van der Waals surface area contributed by atoms with Crippen LogP contribution in [-0.2, 0) is 10.0 Å². The molecule has 0 saturated carbocycles. The Morgan fingerprint density at radius 3 is 2.36 bits per heavy atom. The zero-order chi connectivity index (χ0) is 10.9. The SMILES string of the molecule is Cc1ccc(N(C)S(C)(=O)=O)cc1N. The molecule has 0 fully saturated rings. The number of benzene rings is 1. The van der Waals surface area contributed by atoms with Crippen LogP contribution in [0.1, 0.15) is 5.56 Å². The second-order valence-electron chi connectivity index (χ2n) is 3.27. The summed E-state index contributed by atoms with van der Waals surface area (Å²) in [6, 6.07) is 5.18. The van der Waals surface area contributed by atoms with Crippen molar-refractivity contribution in [3.05, 3.63) is 23.8 Å². The second-order valence-corrected chi connectivity index (χ2v) is 5.29. The van der Waals surface area contributed by atoms with Gasteiger partial charge in [0.15, 0.2) is 0 Å². The van der Waals surface area contributed by atoms with Gasteiger partial charge in [-0.2, -0.15) is 0 Å². The number of rotatable bonds is 2. The average Bonchev–Trinajstić information content (AvgIpc) is 2.07. The number of nitrogens with zero attached hydrogens (tertiary/aromatic N) is 1. The lowest BCUT2D eigenvalue weighted by Gasteiger charge is -2.17. The molecule has 2 N–H and O–H groups in total. The standard InChI is InChI=1S/C9H14N2O2S/c1-7-4-5-8(6-9(7)10)11(2)14(3,12)13/h4-6H,10H2,1-3H3. The molecule has 1 aromatic carbocycles. The Morgan fingerprint density at radius 2 is 1.93 bits per heavy atom. The fourth-order valence-electron chi connectivity index (χ4n) is 1.02. The topological polar surface area (TPSA) is 63.4 Å². The summed E-state index contributed by atoms with van der Waals surface area (Å²) in [5.74, 6) is 0. The number of hydrogen-bond donors (Lipinski definition) is 1. The van der Waals surface area contributed by atoms with Gasteiger partial charge in [-0.1, -0.05) is 6.07 Å². The van der Waals surface area contributed by atoms with Gasteiger partial charge >= 0.3 is 0 Å². The molecule has 0 atom stereocenters. The van der Waals surface area contributed by atoms with E-state index in [0.717, 1.165) is 11.8 Å². The van der Waals surface area contributed by atoms with Crippen molar-refractivity contribution in [3.8, 4) is 0 Å². The van der Waals surface area contributed by atoms with Crippen LogP contribution < -0.4 is 10.0 Å². The summed E-state index contributed by atoms with van der Waals surface area (Å²) in [5.41, 5.74) is 7.80. The van der Waals surface area contributed by atoms with Crippen LogP contribution in [0.5, 0.6) is 0 Å². The molecule has 1 aromatic rings. The Labute approximate surface area is 84.4 Å². The van der Waals surface area contributed by atoms with Gasteiger partial charge in [-0.05, 0) is 24.6 Å². The van der Waals surface area contributed by atoms with Crippen LogP contribution in [0.3, 0.4) is 0 Å². The van der Waals surface area contributed by atoms with Gasteiger partial charge in [0, 0.05) is 12.7 Å². The van der Waals surface area contributed by atoms with Crippen LogP contribution >= 0.6 is 0 Å². The largest absolute Gasteiger partial charge is 0.398 e. The molecule has 0 amide bonds. The Hall–Kier alpha value is -1.23. The maximum Gasteiger partial charge on any atom is 0.231 e. The van der Waals surface area contributed by atoms with E-state index in [0.29, 0.717) is 11.4 Å². The van der Waals surface area contributed by atoms with E-state index < -0.39 is 10.0 Å². The van der Waals surface area contributed by atoms with Gasteiger partial charge in [0.25, 0.3) is 0 Å². The van der Waals surface area contributed by atoms with Crippen molar-refractivity contribution in [1.29, 1.82) is 0 Å². The molecule has 5 heteroatoms. The summed E-state index contributed by atoms with van der Waals surface area (Å²) in [4.78, 5) is 0. The Kier molecular flexibility index (Phi) is 2.71. The quantitative estimate of drug-likeness (QED) is 0.746. The molecule has 4 nitrogen and oxygen atoms in total. The van der Waals surface area contributed by atoms with E-state index >= 15 is 0 Å². The van der Waals surface area contributed by atoms with Gasteiger partial charge in [-0.3, -0.25) is 4.31 Å². The minimum atomic E-state index is -3.21. The van der Waals surface area contributed by atoms with E-state index in [1.54, 1.807) is 18.2 Å². The smallest absolute Gasteiger partial charge is 0.231 e. The van der Waals surface area contributed by atoms with Crippen LogP contribution in [0.4, 0.5) is 11.4 Å². The molecule has 0 bridgehead atoms.